The molecular formula is C11H10N4OS. The first-order valence-corrected chi connectivity index (χ1v) is 6.38. The lowest BCUT2D eigenvalue weighted by Crippen LogP contribution is -2.03. The second kappa shape index (κ2) is 4.39. The quantitative estimate of drug-likeness (QED) is 0.858. The number of benzene rings is 1. The minimum atomic E-state index is -1.34. The molecule has 2 rings (SSSR count). The lowest BCUT2D eigenvalue weighted by atomic mass is 10.3. The molecule has 17 heavy (non-hydrogen) atoms. The van der Waals surface area contributed by atoms with Crippen molar-refractivity contribution in [1.82, 2.24) is 9.78 Å². The molecule has 0 bridgehead atoms. The predicted octanol–water partition coefficient (Wildman–Crippen LogP) is 1.06. The number of hydrogen-bond donors (Lipinski definition) is 1. The fourth-order valence-electron chi connectivity index (χ4n) is 1.54. The highest BCUT2D eigenvalue weighted by atomic mass is 32.2. The zero-order valence-corrected chi connectivity index (χ0v) is 9.94. The van der Waals surface area contributed by atoms with Gasteiger partial charge in [0.2, 0.25) is 0 Å². The van der Waals surface area contributed by atoms with Gasteiger partial charge in [-0.15, -0.1) is 0 Å². The average molecular weight is 246 g/mol. The van der Waals surface area contributed by atoms with Crippen molar-refractivity contribution in [2.24, 2.45) is 0 Å². The van der Waals surface area contributed by atoms with Crippen molar-refractivity contribution in [3.8, 4) is 11.8 Å². The van der Waals surface area contributed by atoms with E-state index in [2.05, 4.69) is 5.10 Å². The van der Waals surface area contributed by atoms with Gasteiger partial charge in [-0.3, -0.25) is 4.21 Å². The van der Waals surface area contributed by atoms with E-state index in [1.54, 1.807) is 0 Å². The SMILES string of the molecule is CS(=O)c1c(C#N)nn(-c2ccccc2)c1N. The average Bonchev–Trinajstić information content (AvgIpc) is 2.67. The normalized spacial score (nSPS) is 12.0. The zero-order valence-electron chi connectivity index (χ0n) is 9.12. The van der Waals surface area contributed by atoms with Crippen molar-refractivity contribution < 1.29 is 4.21 Å². The summed E-state index contributed by atoms with van der Waals surface area (Å²) in [5.74, 6) is 0.244. The first-order valence-electron chi connectivity index (χ1n) is 4.82. The molecule has 1 aromatic heterocycles. The second-order valence-electron chi connectivity index (χ2n) is 3.38. The Bertz CT molecular complexity index is 612. The number of nitriles is 1. The summed E-state index contributed by atoms with van der Waals surface area (Å²) < 4.78 is 12.9. The Morgan fingerprint density at radius 3 is 2.53 bits per heavy atom. The molecule has 0 aliphatic heterocycles. The molecule has 0 radical (unpaired) electrons. The molecule has 1 heterocycles. The summed E-state index contributed by atoms with van der Waals surface area (Å²) >= 11 is 0. The maximum Gasteiger partial charge on any atom is 0.181 e. The van der Waals surface area contributed by atoms with Gasteiger partial charge in [-0.1, -0.05) is 18.2 Å². The van der Waals surface area contributed by atoms with Crippen LogP contribution in [0.5, 0.6) is 0 Å². The highest BCUT2D eigenvalue weighted by Gasteiger charge is 2.19. The zero-order chi connectivity index (χ0) is 12.4. The van der Waals surface area contributed by atoms with Crippen molar-refractivity contribution in [2.45, 2.75) is 4.90 Å². The third kappa shape index (κ3) is 1.92. The molecular weight excluding hydrogens is 236 g/mol. The van der Waals surface area contributed by atoms with Crippen LogP contribution in [-0.4, -0.2) is 20.2 Å². The third-order valence-electron chi connectivity index (χ3n) is 2.27. The van der Waals surface area contributed by atoms with Crippen molar-refractivity contribution in [1.29, 1.82) is 5.26 Å². The van der Waals surface area contributed by atoms with E-state index in [1.807, 2.05) is 36.4 Å². The fraction of sp³-hybridized carbons (Fsp3) is 0.0909. The van der Waals surface area contributed by atoms with Crippen LogP contribution in [0.15, 0.2) is 35.2 Å². The molecule has 5 nitrogen and oxygen atoms in total. The van der Waals surface area contributed by atoms with Gasteiger partial charge < -0.3 is 5.73 Å². The summed E-state index contributed by atoms with van der Waals surface area (Å²) in [5, 5.41) is 13.0. The van der Waals surface area contributed by atoms with Gasteiger partial charge in [-0.2, -0.15) is 10.4 Å². The largest absolute Gasteiger partial charge is 0.383 e. The molecule has 1 atom stereocenters. The van der Waals surface area contributed by atoms with Crippen LogP contribution in [0.3, 0.4) is 0 Å². The van der Waals surface area contributed by atoms with Crippen molar-refractivity contribution in [3.05, 3.63) is 36.0 Å². The molecule has 1 aromatic carbocycles. The Hall–Kier alpha value is -2.13. The summed E-state index contributed by atoms with van der Waals surface area (Å²) in [6.07, 6.45) is 1.48. The number of nitrogen functional groups attached to an aromatic ring is 1. The van der Waals surface area contributed by atoms with E-state index in [4.69, 9.17) is 11.0 Å². The number of nitrogens with two attached hydrogens (primary N) is 1. The molecule has 0 saturated heterocycles. The lowest BCUT2D eigenvalue weighted by Gasteiger charge is -2.03. The van der Waals surface area contributed by atoms with Crippen LogP contribution < -0.4 is 5.73 Å². The first kappa shape index (κ1) is 11.4. The van der Waals surface area contributed by atoms with Gasteiger partial charge in [-0.05, 0) is 12.1 Å². The number of aromatic nitrogens is 2. The van der Waals surface area contributed by atoms with Crippen molar-refractivity contribution >= 4 is 16.6 Å². The summed E-state index contributed by atoms with van der Waals surface area (Å²) in [7, 11) is -1.34. The summed E-state index contributed by atoms with van der Waals surface area (Å²) in [6.45, 7) is 0. The molecule has 2 N–H and O–H groups in total. The van der Waals surface area contributed by atoms with Gasteiger partial charge >= 0.3 is 0 Å². The monoisotopic (exact) mass is 246 g/mol. The van der Waals surface area contributed by atoms with E-state index in [9.17, 15) is 4.21 Å². The molecule has 0 saturated carbocycles. The molecule has 6 heteroatoms. The van der Waals surface area contributed by atoms with Crippen molar-refractivity contribution in [3.63, 3.8) is 0 Å². The standard InChI is InChI=1S/C11H10N4OS/c1-17(16)10-9(7-12)14-15(11(10)13)8-5-3-2-4-6-8/h2-6H,13H2,1H3. The number of anilines is 1. The molecule has 86 valence electrons. The highest BCUT2D eigenvalue weighted by molar-refractivity contribution is 7.84. The van der Waals surface area contributed by atoms with Crippen molar-refractivity contribution in [2.75, 3.05) is 12.0 Å². The maximum absolute atomic E-state index is 11.5. The smallest absolute Gasteiger partial charge is 0.181 e. The summed E-state index contributed by atoms with van der Waals surface area (Å²) in [4.78, 5) is 0.288. The molecule has 1 unspecified atom stereocenters. The van der Waals surface area contributed by atoms with Crippen LogP contribution in [0.25, 0.3) is 5.69 Å². The van der Waals surface area contributed by atoms with Gasteiger partial charge in [0.15, 0.2) is 5.69 Å². The van der Waals surface area contributed by atoms with E-state index in [0.29, 0.717) is 0 Å². The van der Waals surface area contributed by atoms with Gasteiger partial charge in [-0.25, -0.2) is 4.68 Å². The molecule has 0 aliphatic carbocycles. The molecule has 0 aliphatic rings. The van der Waals surface area contributed by atoms with Crippen LogP contribution in [0, 0.1) is 11.3 Å². The van der Waals surface area contributed by atoms with E-state index >= 15 is 0 Å². The summed E-state index contributed by atoms with van der Waals surface area (Å²) in [5.41, 5.74) is 6.71. The van der Waals surface area contributed by atoms with Gasteiger partial charge in [0.05, 0.1) is 16.5 Å². The Morgan fingerprint density at radius 2 is 2.06 bits per heavy atom. The predicted molar refractivity (Wildman–Crippen MR) is 65.0 cm³/mol. The van der Waals surface area contributed by atoms with Gasteiger partial charge in [0.25, 0.3) is 0 Å². The Kier molecular flexibility index (Phi) is 2.93. The minimum Gasteiger partial charge on any atom is -0.383 e. The third-order valence-corrected chi connectivity index (χ3v) is 3.25. The number of nitrogens with zero attached hydrogens (tertiary/aromatic N) is 3. The minimum absolute atomic E-state index is 0.104. The number of hydrogen-bond acceptors (Lipinski definition) is 4. The lowest BCUT2D eigenvalue weighted by molar-refractivity contribution is 0.687. The molecule has 0 spiro atoms. The second-order valence-corrected chi connectivity index (χ2v) is 4.69. The Morgan fingerprint density at radius 1 is 1.41 bits per heavy atom. The Balaban J connectivity index is 2.67. The first-order chi connectivity index (χ1) is 8.15. The van der Waals surface area contributed by atoms with E-state index in [0.717, 1.165) is 5.69 Å². The number of para-hydroxylation sites is 1. The highest BCUT2D eigenvalue weighted by Crippen LogP contribution is 2.23. The Labute approximate surface area is 101 Å². The molecule has 0 amide bonds. The van der Waals surface area contributed by atoms with Gasteiger partial charge in [0, 0.05) is 6.26 Å². The van der Waals surface area contributed by atoms with E-state index < -0.39 is 10.8 Å². The number of rotatable bonds is 2. The topological polar surface area (TPSA) is 84.7 Å². The summed E-state index contributed by atoms with van der Waals surface area (Å²) in [6, 6.07) is 11.1. The van der Waals surface area contributed by atoms with Crippen LogP contribution in [0.1, 0.15) is 5.69 Å². The van der Waals surface area contributed by atoms with Crippen LogP contribution >= 0.6 is 0 Å². The molecule has 2 aromatic rings. The van der Waals surface area contributed by atoms with Crippen LogP contribution in [0.4, 0.5) is 5.82 Å². The van der Waals surface area contributed by atoms with Crippen LogP contribution in [0.2, 0.25) is 0 Å². The van der Waals surface area contributed by atoms with Crippen LogP contribution in [-0.2, 0) is 10.8 Å². The van der Waals surface area contributed by atoms with E-state index in [-0.39, 0.29) is 16.4 Å². The van der Waals surface area contributed by atoms with E-state index in [1.165, 1.54) is 10.9 Å². The fourth-order valence-corrected chi connectivity index (χ4v) is 2.28. The maximum atomic E-state index is 11.5. The van der Waals surface area contributed by atoms with Gasteiger partial charge in [0.1, 0.15) is 16.8 Å². The molecule has 0 fully saturated rings.